The number of aryl methyl sites for hydroxylation is 1. The van der Waals surface area contributed by atoms with Crippen molar-refractivity contribution in [2.75, 3.05) is 33.0 Å². The minimum Gasteiger partial charge on any atom is -0.493 e. The first-order valence-corrected chi connectivity index (χ1v) is 12.6. The van der Waals surface area contributed by atoms with Crippen LogP contribution in [0.4, 0.5) is 0 Å². The largest absolute Gasteiger partial charge is 0.493 e. The molecule has 0 radical (unpaired) electrons. The van der Waals surface area contributed by atoms with E-state index in [0.717, 1.165) is 43.4 Å². The molecule has 2 aliphatic rings. The van der Waals surface area contributed by atoms with E-state index in [4.69, 9.17) is 23.7 Å². The molecule has 2 atom stereocenters. The van der Waals surface area contributed by atoms with Crippen LogP contribution in [0.5, 0.6) is 5.75 Å². The van der Waals surface area contributed by atoms with Crippen molar-refractivity contribution in [2.45, 2.75) is 57.2 Å². The molecule has 2 aliphatic heterocycles. The number of epoxide rings is 2. The van der Waals surface area contributed by atoms with E-state index in [1.165, 1.54) is 17.5 Å². The topological polar surface area (TPSA) is 86.9 Å². The van der Waals surface area contributed by atoms with Crippen LogP contribution in [-0.4, -0.2) is 57.2 Å². The van der Waals surface area contributed by atoms with E-state index in [9.17, 15) is 9.59 Å². The Labute approximate surface area is 206 Å². The van der Waals surface area contributed by atoms with E-state index in [1.54, 1.807) is 0 Å². The van der Waals surface area contributed by atoms with Gasteiger partial charge in [0.1, 0.15) is 5.75 Å². The van der Waals surface area contributed by atoms with E-state index in [1.807, 2.05) is 12.1 Å². The molecule has 0 amide bonds. The molecular weight excluding hydrogens is 448 g/mol. The molecule has 0 bridgehead atoms. The molecule has 0 saturated carbocycles. The SMILES string of the molecule is O=C(OCCCCCCCc1ccc(-c2ccc(OCCCOC(=O)C3CO3)cc2)cc1)C1CO1. The van der Waals surface area contributed by atoms with Crippen LogP contribution in [0.3, 0.4) is 0 Å². The van der Waals surface area contributed by atoms with Crippen molar-refractivity contribution < 1.29 is 33.3 Å². The lowest BCUT2D eigenvalue weighted by atomic mass is 10.0. The number of unbranched alkanes of at least 4 members (excludes halogenated alkanes) is 4. The van der Waals surface area contributed by atoms with Gasteiger partial charge >= 0.3 is 11.9 Å². The molecule has 2 unspecified atom stereocenters. The van der Waals surface area contributed by atoms with Crippen molar-refractivity contribution in [3.63, 3.8) is 0 Å². The highest BCUT2D eigenvalue weighted by Gasteiger charge is 2.33. The van der Waals surface area contributed by atoms with Gasteiger partial charge in [-0.2, -0.15) is 0 Å². The molecule has 35 heavy (non-hydrogen) atoms. The Morgan fingerprint density at radius 2 is 1.17 bits per heavy atom. The summed E-state index contributed by atoms with van der Waals surface area (Å²) >= 11 is 0. The minimum absolute atomic E-state index is 0.214. The molecule has 7 heteroatoms. The van der Waals surface area contributed by atoms with E-state index in [0.29, 0.717) is 39.5 Å². The van der Waals surface area contributed by atoms with Crippen molar-refractivity contribution in [3.8, 4) is 16.9 Å². The number of hydrogen-bond acceptors (Lipinski definition) is 7. The van der Waals surface area contributed by atoms with Gasteiger partial charge in [-0.1, -0.05) is 55.7 Å². The van der Waals surface area contributed by atoms with Gasteiger partial charge in [0.2, 0.25) is 0 Å². The fourth-order valence-electron chi connectivity index (χ4n) is 3.72. The Morgan fingerprint density at radius 1 is 0.657 bits per heavy atom. The van der Waals surface area contributed by atoms with Crippen LogP contribution in [0.1, 0.15) is 44.1 Å². The third-order valence-electron chi connectivity index (χ3n) is 5.99. The number of carbonyl (C=O) groups excluding carboxylic acids is 2. The van der Waals surface area contributed by atoms with Crippen LogP contribution < -0.4 is 4.74 Å². The van der Waals surface area contributed by atoms with Crippen molar-refractivity contribution in [3.05, 3.63) is 54.1 Å². The summed E-state index contributed by atoms with van der Waals surface area (Å²) < 4.78 is 25.8. The minimum atomic E-state index is -0.346. The van der Waals surface area contributed by atoms with E-state index in [-0.39, 0.29) is 24.1 Å². The molecule has 2 saturated heterocycles. The van der Waals surface area contributed by atoms with Crippen molar-refractivity contribution >= 4 is 11.9 Å². The Kier molecular flexibility index (Phi) is 9.55. The first-order chi connectivity index (χ1) is 17.2. The second-order valence-corrected chi connectivity index (χ2v) is 8.92. The maximum atomic E-state index is 11.4. The summed E-state index contributed by atoms with van der Waals surface area (Å²) in [5, 5.41) is 0. The first-order valence-electron chi connectivity index (χ1n) is 12.6. The van der Waals surface area contributed by atoms with Gasteiger partial charge in [0.05, 0.1) is 33.0 Å². The molecule has 7 nitrogen and oxygen atoms in total. The van der Waals surface area contributed by atoms with Crippen LogP contribution in [0, 0.1) is 0 Å². The van der Waals surface area contributed by atoms with Crippen LogP contribution in [-0.2, 0) is 35.0 Å². The second kappa shape index (κ2) is 13.3. The Balaban J connectivity index is 1.06. The number of carbonyl (C=O) groups is 2. The highest BCUT2D eigenvalue weighted by atomic mass is 16.6. The predicted molar refractivity (Wildman–Crippen MR) is 130 cm³/mol. The molecule has 2 fully saturated rings. The fourth-order valence-corrected chi connectivity index (χ4v) is 3.72. The third kappa shape index (κ3) is 9.00. The van der Waals surface area contributed by atoms with Crippen LogP contribution in [0.15, 0.2) is 48.5 Å². The number of esters is 2. The zero-order valence-electron chi connectivity index (χ0n) is 20.1. The van der Waals surface area contributed by atoms with Gasteiger partial charge in [-0.05, 0) is 48.1 Å². The van der Waals surface area contributed by atoms with Crippen LogP contribution >= 0.6 is 0 Å². The smallest absolute Gasteiger partial charge is 0.337 e. The summed E-state index contributed by atoms with van der Waals surface area (Å²) in [6.07, 6.45) is 6.58. The maximum absolute atomic E-state index is 11.4. The highest BCUT2D eigenvalue weighted by Crippen LogP contribution is 2.23. The predicted octanol–water partition coefficient (Wildman–Crippen LogP) is 4.50. The fraction of sp³-hybridized carbons (Fsp3) is 0.500. The average molecular weight is 483 g/mol. The van der Waals surface area contributed by atoms with E-state index >= 15 is 0 Å². The van der Waals surface area contributed by atoms with Gasteiger partial charge in [-0.3, -0.25) is 0 Å². The first kappa shape index (κ1) is 25.2. The van der Waals surface area contributed by atoms with Crippen LogP contribution in [0.25, 0.3) is 11.1 Å². The summed E-state index contributed by atoms with van der Waals surface area (Å²) in [6.45, 7) is 2.33. The quantitative estimate of drug-likeness (QED) is 0.198. The molecule has 2 aromatic rings. The zero-order valence-corrected chi connectivity index (χ0v) is 20.1. The molecular formula is C28H34O7. The summed E-state index contributed by atoms with van der Waals surface area (Å²) in [7, 11) is 0. The van der Waals surface area contributed by atoms with Gasteiger partial charge in [0.15, 0.2) is 12.2 Å². The Bertz CT molecular complexity index is 931. The molecule has 0 N–H and O–H groups in total. The number of hydrogen-bond donors (Lipinski definition) is 0. The highest BCUT2D eigenvalue weighted by molar-refractivity contribution is 5.77. The lowest BCUT2D eigenvalue weighted by molar-refractivity contribution is -0.146. The maximum Gasteiger partial charge on any atom is 0.337 e. The summed E-state index contributed by atoms with van der Waals surface area (Å²) in [5.41, 5.74) is 3.68. The zero-order chi connectivity index (χ0) is 24.3. The van der Waals surface area contributed by atoms with Gasteiger partial charge in [-0.25, -0.2) is 9.59 Å². The van der Waals surface area contributed by atoms with Gasteiger partial charge < -0.3 is 23.7 Å². The Hall–Kier alpha value is -2.90. The number of benzene rings is 2. The molecule has 188 valence electrons. The van der Waals surface area contributed by atoms with Gasteiger partial charge in [0.25, 0.3) is 0 Å². The summed E-state index contributed by atoms with van der Waals surface area (Å²) in [5.74, 6) is 0.308. The number of rotatable bonds is 16. The number of ether oxygens (including phenoxy) is 5. The molecule has 2 aromatic carbocycles. The van der Waals surface area contributed by atoms with Gasteiger partial charge in [0, 0.05) is 6.42 Å². The van der Waals surface area contributed by atoms with Crippen LogP contribution in [0.2, 0.25) is 0 Å². The lowest BCUT2D eigenvalue weighted by Gasteiger charge is -2.09. The van der Waals surface area contributed by atoms with Crippen molar-refractivity contribution in [1.29, 1.82) is 0 Å². The molecule has 2 heterocycles. The van der Waals surface area contributed by atoms with Gasteiger partial charge in [-0.15, -0.1) is 0 Å². The molecule has 0 spiro atoms. The summed E-state index contributed by atoms with van der Waals surface area (Å²) in [6, 6.07) is 16.8. The molecule has 4 rings (SSSR count). The van der Waals surface area contributed by atoms with Crippen molar-refractivity contribution in [2.24, 2.45) is 0 Å². The monoisotopic (exact) mass is 482 g/mol. The van der Waals surface area contributed by atoms with Crippen molar-refractivity contribution in [1.82, 2.24) is 0 Å². The normalized spacial score (nSPS) is 18.1. The summed E-state index contributed by atoms with van der Waals surface area (Å²) in [4.78, 5) is 22.7. The third-order valence-corrected chi connectivity index (χ3v) is 5.99. The standard InChI is InChI=1S/C28H34O7/c29-27(25-19-34-25)32-16-5-3-1-2-4-7-21-8-10-22(11-9-21)23-12-14-24(15-13-23)31-17-6-18-33-28(30)26-20-35-26/h8-15,25-26H,1-7,16-20H2. The lowest BCUT2D eigenvalue weighted by Crippen LogP contribution is -2.13. The second-order valence-electron chi connectivity index (χ2n) is 8.92. The van der Waals surface area contributed by atoms with E-state index < -0.39 is 0 Å². The average Bonchev–Trinajstić information content (AvgIpc) is 3.79. The Morgan fingerprint density at radius 3 is 1.77 bits per heavy atom. The molecule has 0 aromatic heterocycles. The van der Waals surface area contributed by atoms with E-state index in [2.05, 4.69) is 36.4 Å². The molecule has 0 aliphatic carbocycles.